The molecule has 0 unspecified atom stereocenters. The van der Waals surface area contributed by atoms with Gasteiger partial charge in [-0.2, -0.15) is 0 Å². The molecule has 1 fully saturated rings. The fourth-order valence-electron chi connectivity index (χ4n) is 1.80. The van der Waals surface area contributed by atoms with Gasteiger partial charge in [-0.15, -0.1) is 0 Å². The van der Waals surface area contributed by atoms with Crippen LogP contribution in [-0.2, 0) is 4.74 Å². The molecule has 1 aromatic rings. The lowest BCUT2D eigenvalue weighted by Crippen LogP contribution is -2.18. The number of thiazole rings is 1. The normalized spacial score (nSPS) is 19.3. The highest BCUT2D eigenvalue weighted by Crippen LogP contribution is 2.23. The van der Waals surface area contributed by atoms with Crippen LogP contribution in [0.3, 0.4) is 0 Å². The molecule has 2 N–H and O–H groups in total. The average Bonchev–Trinajstić information content (AvgIpc) is 2.94. The van der Waals surface area contributed by atoms with Gasteiger partial charge in [-0.3, -0.25) is 4.79 Å². The van der Waals surface area contributed by atoms with Crippen LogP contribution in [0.4, 0.5) is 5.13 Å². The summed E-state index contributed by atoms with van der Waals surface area (Å²) in [7, 11) is 1.63. The highest BCUT2D eigenvalue weighted by Gasteiger charge is 2.17. The zero-order chi connectivity index (χ0) is 12.3. The van der Waals surface area contributed by atoms with Crippen molar-refractivity contribution in [2.24, 2.45) is 0 Å². The number of carbonyl (C=O) groups excluding carboxylic acids is 1. The molecule has 1 atom stereocenters. The van der Waals surface area contributed by atoms with E-state index in [1.807, 2.05) is 6.92 Å². The van der Waals surface area contributed by atoms with E-state index in [4.69, 9.17) is 4.74 Å². The van der Waals surface area contributed by atoms with Gasteiger partial charge in [0.25, 0.3) is 5.91 Å². The summed E-state index contributed by atoms with van der Waals surface area (Å²) >= 11 is 1.39. The second kappa shape index (κ2) is 5.46. The first-order chi connectivity index (χ1) is 8.20. The van der Waals surface area contributed by atoms with Crippen molar-refractivity contribution in [1.29, 1.82) is 0 Å². The molecule has 2 heterocycles. The maximum absolute atomic E-state index is 11.5. The Labute approximate surface area is 105 Å². The van der Waals surface area contributed by atoms with E-state index < -0.39 is 0 Å². The van der Waals surface area contributed by atoms with Gasteiger partial charge < -0.3 is 15.4 Å². The van der Waals surface area contributed by atoms with Crippen molar-refractivity contribution < 1.29 is 9.53 Å². The summed E-state index contributed by atoms with van der Waals surface area (Å²) in [6.45, 7) is 3.46. The third kappa shape index (κ3) is 2.95. The van der Waals surface area contributed by atoms with E-state index in [9.17, 15) is 4.79 Å². The van der Waals surface area contributed by atoms with Gasteiger partial charge in [0.2, 0.25) is 0 Å². The molecular formula is C11H17N3O2S. The van der Waals surface area contributed by atoms with Gasteiger partial charge in [0, 0.05) is 20.2 Å². The predicted octanol–water partition coefficient (Wildman–Crippen LogP) is 1.40. The first-order valence-corrected chi connectivity index (χ1v) is 6.57. The molecule has 1 saturated heterocycles. The minimum absolute atomic E-state index is 0.0785. The Morgan fingerprint density at radius 3 is 3.12 bits per heavy atom. The van der Waals surface area contributed by atoms with Crippen molar-refractivity contribution in [3.8, 4) is 0 Å². The molecule has 0 radical (unpaired) electrons. The van der Waals surface area contributed by atoms with Crippen molar-refractivity contribution >= 4 is 22.4 Å². The Hall–Kier alpha value is -1.14. The average molecular weight is 255 g/mol. The van der Waals surface area contributed by atoms with Crippen molar-refractivity contribution in [3.63, 3.8) is 0 Å². The second-order valence-electron chi connectivity index (χ2n) is 4.03. The molecule has 94 valence electrons. The van der Waals surface area contributed by atoms with Crippen molar-refractivity contribution in [1.82, 2.24) is 10.3 Å². The van der Waals surface area contributed by atoms with Crippen molar-refractivity contribution in [3.05, 3.63) is 10.6 Å². The topological polar surface area (TPSA) is 63.2 Å². The fraction of sp³-hybridized carbons (Fsp3) is 0.636. The number of ether oxygens (including phenoxy) is 1. The Bertz CT molecular complexity index is 399. The first kappa shape index (κ1) is 12.3. The molecule has 1 aliphatic heterocycles. The number of hydrogen-bond donors (Lipinski definition) is 2. The van der Waals surface area contributed by atoms with Gasteiger partial charge in [0.15, 0.2) is 5.13 Å². The Balaban J connectivity index is 1.94. The van der Waals surface area contributed by atoms with E-state index in [0.29, 0.717) is 4.88 Å². The lowest BCUT2D eigenvalue weighted by atomic mass is 10.2. The van der Waals surface area contributed by atoms with Gasteiger partial charge in [0.1, 0.15) is 4.88 Å². The molecule has 0 saturated carbocycles. The van der Waals surface area contributed by atoms with Gasteiger partial charge in [0.05, 0.1) is 11.8 Å². The summed E-state index contributed by atoms with van der Waals surface area (Å²) in [6, 6.07) is 0. The van der Waals surface area contributed by atoms with Gasteiger partial charge in [-0.25, -0.2) is 4.98 Å². The summed E-state index contributed by atoms with van der Waals surface area (Å²) in [5.41, 5.74) is 0.768. The van der Waals surface area contributed by atoms with Crippen LogP contribution in [0.2, 0.25) is 0 Å². The Morgan fingerprint density at radius 1 is 1.65 bits per heavy atom. The van der Waals surface area contributed by atoms with Crippen LogP contribution < -0.4 is 10.6 Å². The SMILES string of the molecule is CNC(=O)c1sc(NC[C@H]2CCCO2)nc1C. The Morgan fingerprint density at radius 2 is 2.47 bits per heavy atom. The van der Waals surface area contributed by atoms with Crippen LogP contribution in [0.5, 0.6) is 0 Å². The highest BCUT2D eigenvalue weighted by molar-refractivity contribution is 7.17. The standard InChI is InChI=1S/C11H17N3O2S/c1-7-9(10(15)12-2)17-11(14-7)13-6-8-4-3-5-16-8/h8H,3-6H2,1-2H3,(H,12,15)(H,13,14)/t8-/m1/s1. The third-order valence-corrected chi connectivity index (χ3v) is 3.85. The maximum atomic E-state index is 11.5. The molecule has 1 aliphatic rings. The zero-order valence-corrected chi connectivity index (χ0v) is 10.9. The van der Waals surface area contributed by atoms with E-state index in [1.54, 1.807) is 7.05 Å². The number of nitrogens with zero attached hydrogens (tertiary/aromatic N) is 1. The summed E-state index contributed by atoms with van der Waals surface area (Å²) in [5, 5.41) is 6.63. The van der Waals surface area contributed by atoms with E-state index in [1.165, 1.54) is 11.3 Å². The molecule has 0 aliphatic carbocycles. The summed E-state index contributed by atoms with van der Waals surface area (Å²) in [4.78, 5) is 16.5. The highest BCUT2D eigenvalue weighted by atomic mass is 32.1. The molecule has 1 aromatic heterocycles. The molecule has 6 heteroatoms. The number of anilines is 1. The summed E-state index contributed by atoms with van der Waals surface area (Å²) in [6.07, 6.45) is 2.51. The quantitative estimate of drug-likeness (QED) is 0.853. The van der Waals surface area contributed by atoms with Crippen molar-refractivity contribution in [2.45, 2.75) is 25.9 Å². The summed E-state index contributed by atoms with van der Waals surface area (Å²) in [5.74, 6) is -0.0785. The van der Waals surface area contributed by atoms with Crippen LogP contribution in [0.1, 0.15) is 28.2 Å². The molecule has 0 bridgehead atoms. The molecule has 2 rings (SSSR count). The van der Waals surface area contributed by atoms with Crippen LogP contribution in [0.25, 0.3) is 0 Å². The van der Waals surface area contributed by atoms with E-state index in [2.05, 4.69) is 15.6 Å². The second-order valence-corrected chi connectivity index (χ2v) is 5.03. The van der Waals surface area contributed by atoms with Gasteiger partial charge in [-0.1, -0.05) is 11.3 Å². The molecular weight excluding hydrogens is 238 g/mol. The van der Waals surface area contributed by atoms with E-state index in [-0.39, 0.29) is 12.0 Å². The fourth-order valence-corrected chi connectivity index (χ4v) is 2.72. The number of rotatable bonds is 4. The van der Waals surface area contributed by atoms with E-state index >= 15 is 0 Å². The first-order valence-electron chi connectivity index (χ1n) is 5.75. The number of carbonyl (C=O) groups is 1. The van der Waals surface area contributed by atoms with E-state index in [0.717, 1.165) is 36.8 Å². The molecule has 5 nitrogen and oxygen atoms in total. The molecule has 0 aromatic carbocycles. The lowest BCUT2D eigenvalue weighted by molar-refractivity contribution is 0.0966. The van der Waals surface area contributed by atoms with Crippen LogP contribution in [0, 0.1) is 6.92 Å². The molecule has 1 amide bonds. The smallest absolute Gasteiger partial charge is 0.263 e. The van der Waals surface area contributed by atoms with Crippen LogP contribution in [0.15, 0.2) is 0 Å². The largest absolute Gasteiger partial charge is 0.376 e. The van der Waals surface area contributed by atoms with Gasteiger partial charge >= 0.3 is 0 Å². The Kier molecular flexibility index (Phi) is 3.96. The van der Waals surface area contributed by atoms with Gasteiger partial charge in [-0.05, 0) is 19.8 Å². The number of nitrogens with one attached hydrogen (secondary N) is 2. The predicted molar refractivity (Wildman–Crippen MR) is 67.7 cm³/mol. The number of amides is 1. The minimum Gasteiger partial charge on any atom is -0.376 e. The molecule has 0 spiro atoms. The number of hydrogen-bond acceptors (Lipinski definition) is 5. The summed E-state index contributed by atoms with van der Waals surface area (Å²) < 4.78 is 5.52. The van der Waals surface area contributed by atoms with Crippen LogP contribution in [-0.4, -0.2) is 37.2 Å². The third-order valence-electron chi connectivity index (χ3n) is 2.73. The zero-order valence-electron chi connectivity index (χ0n) is 10.1. The molecule has 17 heavy (non-hydrogen) atoms. The monoisotopic (exact) mass is 255 g/mol. The maximum Gasteiger partial charge on any atom is 0.263 e. The van der Waals surface area contributed by atoms with Crippen molar-refractivity contribution in [2.75, 3.05) is 25.5 Å². The number of aromatic nitrogens is 1. The lowest BCUT2D eigenvalue weighted by Gasteiger charge is -2.08. The van der Waals surface area contributed by atoms with Crippen LogP contribution >= 0.6 is 11.3 Å². The minimum atomic E-state index is -0.0785. The number of aryl methyl sites for hydroxylation is 1.